The maximum Gasteiger partial charge on any atom is 0.251 e. The van der Waals surface area contributed by atoms with Crippen molar-refractivity contribution in [3.63, 3.8) is 0 Å². The van der Waals surface area contributed by atoms with Crippen LogP contribution in [0.5, 0.6) is 0 Å². The van der Waals surface area contributed by atoms with Gasteiger partial charge in [-0.15, -0.1) is 0 Å². The van der Waals surface area contributed by atoms with E-state index in [1.165, 1.54) is 7.05 Å². The molecule has 0 saturated carbocycles. The van der Waals surface area contributed by atoms with Crippen LogP contribution in [0.25, 0.3) is 0 Å². The first-order valence-corrected chi connectivity index (χ1v) is 5.93. The van der Waals surface area contributed by atoms with Crippen molar-refractivity contribution in [1.29, 1.82) is 0 Å². The molecule has 0 aliphatic carbocycles. The van der Waals surface area contributed by atoms with Crippen LogP contribution in [0.2, 0.25) is 5.15 Å². The van der Waals surface area contributed by atoms with E-state index in [0.29, 0.717) is 29.6 Å². The van der Waals surface area contributed by atoms with Gasteiger partial charge in [0.1, 0.15) is 22.8 Å². The highest BCUT2D eigenvalue weighted by atomic mass is 35.5. The lowest BCUT2D eigenvalue weighted by Crippen LogP contribution is -2.48. The molecule has 2 amide bonds. The lowest BCUT2D eigenvalue weighted by Gasteiger charge is -2.28. The van der Waals surface area contributed by atoms with Crippen LogP contribution in [0, 0.1) is 6.92 Å². The number of hydrogen-bond donors (Lipinski definition) is 1. The summed E-state index contributed by atoms with van der Waals surface area (Å²) in [5, 5.41) is 3.30. The minimum Gasteiger partial charge on any atom is -0.358 e. The molecule has 7 heteroatoms. The SMILES string of the molecule is Cc1nc(Cl)cc(NC2CCC(=O)N(C)C2=O)n1. The third-order valence-electron chi connectivity index (χ3n) is 2.78. The quantitative estimate of drug-likeness (QED) is 0.640. The van der Waals surface area contributed by atoms with Gasteiger partial charge in [0, 0.05) is 19.5 Å². The molecule has 0 aromatic carbocycles. The van der Waals surface area contributed by atoms with Gasteiger partial charge < -0.3 is 5.32 Å². The van der Waals surface area contributed by atoms with E-state index >= 15 is 0 Å². The van der Waals surface area contributed by atoms with Crippen LogP contribution in [0.4, 0.5) is 5.82 Å². The van der Waals surface area contributed by atoms with Crippen molar-refractivity contribution < 1.29 is 9.59 Å². The Hall–Kier alpha value is -1.69. The van der Waals surface area contributed by atoms with Crippen LogP contribution in [0.15, 0.2) is 6.07 Å². The van der Waals surface area contributed by atoms with Gasteiger partial charge >= 0.3 is 0 Å². The van der Waals surface area contributed by atoms with Crippen LogP contribution in [0.3, 0.4) is 0 Å². The number of aromatic nitrogens is 2. The molecule has 0 radical (unpaired) electrons. The molecule has 1 aromatic heterocycles. The monoisotopic (exact) mass is 268 g/mol. The second kappa shape index (κ2) is 4.89. The number of halogens is 1. The number of likely N-dealkylation sites (N-methyl/N-ethyl adjacent to an activating group) is 1. The van der Waals surface area contributed by atoms with Crippen LogP contribution in [-0.4, -0.2) is 39.8 Å². The summed E-state index contributed by atoms with van der Waals surface area (Å²) in [6.07, 6.45) is 0.806. The minimum atomic E-state index is -0.446. The van der Waals surface area contributed by atoms with E-state index in [2.05, 4.69) is 15.3 Å². The highest BCUT2D eigenvalue weighted by Crippen LogP contribution is 2.17. The number of carbonyl (C=O) groups excluding carboxylic acids is 2. The van der Waals surface area contributed by atoms with Crippen molar-refractivity contribution in [2.24, 2.45) is 0 Å². The molecule has 1 unspecified atom stereocenters. The van der Waals surface area contributed by atoms with E-state index in [-0.39, 0.29) is 11.8 Å². The number of anilines is 1. The number of piperidine rings is 1. The second-order valence-electron chi connectivity index (χ2n) is 4.15. The molecule has 1 atom stereocenters. The number of rotatable bonds is 2. The van der Waals surface area contributed by atoms with E-state index in [1.54, 1.807) is 13.0 Å². The fourth-order valence-electron chi connectivity index (χ4n) is 1.83. The highest BCUT2D eigenvalue weighted by molar-refractivity contribution is 6.29. The Labute approximate surface area is 109 Å². The molecule has 2 heterocycles. The molecule has 0 bridgehead atoms. The van der Waals surface area contributed by atoms with E-state index < -0.39 is 6.04 Å². The number of carbonyl (C=O) groups is 2. The van der Waals surface area contributed by atoms with Gasteiger partial charge in [0.2, 0.25) is 5.91 Å². The Bertz CT molecular complexity index is 486. The van der Waals surface area contributed by atoms with Crippen molar-refractivity contribution in [3.05, 3.63) is 17.0 Å². The summed E-state index contributed by atoms with van der Waals surface area (Å²) >= 11 is 5.82. The summed E-state index contributed by atoms with van der Waals surface area (Å²) < 4.78 is 0. The van der Waals surface area contributed by atoms with Crippen molar-refractivity contribution in [2.45, 2.75) is 25.8 Å². The Balaban J connectivity index is 2.14. The van der Waals surface area contributed by atoms with Crippen molar-refractivity contribution in [1.82, 2.24) is 14.9 Å². The van der Waals surface area contributed by atoms with Crippen LogP contribution in [0.1, 0.15) is 18.7 Å². The summed E-state index contributed by atoms with van der Waals surface area (Å²) in [5.41, 5.74) is 0. The van der Waals surface area contributed by atoms with Gasteiger partial charge in [-0.1, -0.05) is 11.6 Å². The fourth-order valence-corrected chi connectivity index (χ4v) is 2.06. The predicted octanol–water partition coefficient (Wildman–Crippen LogP) is 0.998. The van der Waals surface area contributed by atoms with E-state index in [0.717, 1.165) is 4.90 Å². The number of likely N-dealkylation sites (tertiary alicyclic amines) is 1. The summed E-state index contributed by atoms with van der Waals surface area (Å²) in [6.45, 7) is 1.72. The Kier molecular flexibility index (Phi) is 3.47. The number of imide groups is 1. The largest absolute Gasteiger partial charge is 0.358 e. The summed E-state index contributed by atoms with van der Waals surface area (Å²) in [4.78, 5) is 32.4. The summed E-state index contributed by atoms with van der Waals surface area (Å²) in [7, 11) is 1.48. The van der Waals surface area contributed by atoms with Gasteiger partial charge in [-0.3, -0.25) is 14.5 Å². The molecule has 6 nitrogen and oxygen atoms in total. The Morgan fingerprint density at radius 3 is 2.83 bits per heavy atom. The van der Waals surface area contributed by atoms with Crippen molar-refractivity contribution in [2.75, 3.05) is 12.4 Å². The number of amides is 2. The minimum absolute atomic E-state index is 0.157. The standard InChI is InChI=1S/C11H13ClN4O2/c1-6-13-8(12)5-9(14-6)15-7-3-4-10(17)16(2)11(7)18/h5,7H,3-4H2,1-2H3,(H,13,14,15). The maximum atomic E-state index is 11.9. The maximum absolute atomic E-state index is 11.9. The molecular weight excluding hydrogens is 256 g/mol. The lowest BCUT2D eigenvalue weighted by molar-refractivity contribution is -0.146. The first-order valence-electron chi connectivity index (χ1n) is 5.55. The van der Waals surface area contributed by atoms with Crippen molar-refractivity contribution in [3.8, 4) is 0 Å². The molecule has 2 rings (SSSR count). The summed E-state index contributed by atoms with van der Waals surface area (Å²) in [5.74, 6) is 0.611. The first kappa shape index (κ1) is 12.8. The molecule has 1 aromatic rings. The molecule has 1 aliphatic rings. The second-order valence-corrected chi connectivity index (χ2v) is 4.54. The average Bonchev–Trinajstić information content (AvgIpc) is 2.29. The molecule has 1 saturated heterocycles. The normalized spacial score (nSPS) is 20.2. The number of nitrogens with one attached hydrogen (secondary N) is 1. The van der Waals surface area contributed by atoms with E-state index in [4.69, 9.17) is 11.6 Å². The molecule has 18 heavy (non-hydrogen) atoms. The smallest absolute Gasteiger partial charge is 0.251 e. The molecule has 1 N–H and O–H groups in total. The van der Waals surface area contributed by atoms with Gasteiger partial charge in [0.05, 0.1) is 0 Å². The molecule has 96 valence electrons. The number of nitrogens with zero attached hydrogens (tertiary/aromatic N) is 3. The van der Waals surface area contributed by atoms with Gasteiger partial charge in [-0.25, -0.2) is 9.97 Å². The predicted molar refractivity (Wildman–Crippen MR) is 66.2 cm³/mol. The van der Waals surface area contributed by atoms with Gasteiger partial charge in [-0.2, -0.15) is 0 Å². The topological polar surface area (TPSA) is 75.2 Å². The number of aryl methyl sites for hydroxylation is 1. The third-order valence-corrected chi connectivity index (χ3v) is 2.97. The van der Waals surface area contributed by atoms with E-state index in [1.807, 2.05) is 0 Å². The van der Waals surface area contributed by atoms with E-state index in [9.17, 15) is 9.59 Å². The average molecular weight is 269 g/mol. The van der Waals surface area contributed by atoms with Crippen LogP contribution >= 0.6 is 11.6 Å². The van der Waals surface area contributed by atoms with Gasteiger partial charge in [0.25, 0.3) is 5.91 Å². The molecule has 1 fully saturated rings. The fraction of sp³-hybridized carbons (Fsp3) is 0.455. The zero-order valence-electron chi connectivity index (χ0n) is 10.1. The van der Waals surface area contributed by atoms with Crippen molar-refractivity contribution >= 4 is 29.2 Å². The number of hydrogen-bond acceptors (Lipinski definition) is 5. The zero-order chi connectivity index (χ0) is 13.3. The third kappa shape index (κ3) is 2.59. The first-order chi connectivity index (χ1) is 8.47. The molecule has 0 spiro atoms. The van der Waals surface area contributed by atoms with Crippen LogP contribution < -0.4 is 5.32 Å². The lowest BCUT2D eigenvalue weighted by atomic mass is 10.0. The molecular formula is C11H13ClN4O2. The summed E-state index contributed by atoms with van der Waals surface area (Å²) in [6, 6.07) is 1.11. The van der Waals surface area contributed by atoms with Gasteiger partial charge in [-0.05, 0) is 13.3 Å². The Morgan fingerprint density at radius 2 is 2.17 bits per heavy atom. The zero-order valence-corrected chi connectivity index (χ0v) is 10.9. The molecule has 1 aliphatic heterocycles. The Morgan fingerprint density at radius 1 is 1.44 bits per heavy atom. The highest BCUT2D eigenvalue weighted by Gasteiger charge is 2.31. The van der Waals surface area contributed by atoms with Crippen LogP contribution in [-0.2, 0) is 9.59 Å². The van der Waals surface area contributed by atoms with Gasteiger partial charge in [0.15, 0.2) is 0 Å².